The summed E-state index contributed by atoms with van der Waals surface area (Å²) in [6.07, 6.45) is 5.42. The van der Waals surface area contributed by atoms with Crippen LogP contribution in [0.1, 0.15) is 39.5 Å². The number of hydrogen-bond acceptors (Lipinski definition) is 1. The van der Waals surface area contributed by atoms with Crippen LogP contribution in [-0.2, 0) is 0 Å². The van der Waals surface area contributed by atoms with Gasteiger partial charge < -0.3 is 5.11 Å². The Morgan fingerprint density at radius 3 is 2.45 bits per heavy atom. The summed E-state index contributed by atoms with van der Waals surface area (Å²) >= 11 is 0. The Kier molecular flexibility index (Phi) is 3.38. The van der Waals surface area contributed by atoms with E-state index >= 15 is 0 Å². The molecule has 1 nitrogen and oxygen atoms in total. The van der Waals surface area contributed by atoms with Gasteiger partial charge in [-0.3, -0.25) is 0 Å². The van der Waals surface area contributed by atoms with Crippen molar-refractivity contribution in [2.24, 2.45) is 17.8 Å². The van der Waals surface area contributed by atoms with Crippen molar-refractivity contribution in [1.29, 1.82) is 0 Å². The van der Waals surface area contributed by atoms with E-state index in [1.807, 2.05) is 0 Å². The highest BCUT2D eigenvalue weighted by Gasteiger charge is 2.30. The standard InChI is InChI=1S/C10H20O/c1-3-9(10-4-5-10)6-8(2)7-11/h8-11H,3-7H2,1-2H3. The van der Waals surface area contributed by atoms with E-state index < -0.39 is 0 Å². The topological polar surface area (TPSA) is 20.2 Å². The van der Waals surface area contributed by atoms with Gasteiger partial charge in [0.2, 0.25) is 0 Å². The summed E-state index contributed by atoms with van der Waals surface area (Å²) < 4.78 is 0. The molecule has 11 heavy (non-hydrogen) atoms. The maximum atomic E-state index is 8.88. The Morgan fingerprint density at radius 1 is 1.45 bits per heavy atom. The average Bonchev–Trinajstić information content (AvgIpc) is 2.82. The molecular weight excluding hydrogens is 136 g/mol. The SMILES string of the molecule is CCC(CC(C)CO)C1CC1. The van der Waals surface area contributed by atoms with Crippen LogP contribution in [0.25, 0.3) is 0 Å². The molecule has 0 aromatic heterocycles. The van der Waals surface area contributed by atoms with Gasteiger partial charge in [0, 0.05) is 6.61 Å². The quantitative estimate of drug-likeness (QED) is 0.648. The second-order valence-electron chi connectivity index (χ2n) is 4.03. The highest BCUT2D eigenvalue weighted by Crippen LogP contribution is 2.41. The lowest BCUT2D eigenvalue weighted by Gasteiger charge is -2.17. The van der Waals surface area contributed by atoms with E-state index in [0.717, 1.165) is 11.8 Å². The van der Waals surface area contributed by atoms with E-state index in [-0.39, 0.29) is 0 Å². The van der Waals surface area contributed by atoms with Gasteiger partial charge in [-0.1, -0.05) is 20.3 Å². The number of aliphatic hydroxyl groups is 1. The lowest BCUT2D eigenvalue weighted by atomic mass is 9.90. The molecule has 1 aliphatic rings. The van der Waals surface area contributed by atoms with E-state index in [4.69, 9.17) is 5.11 Å². The van der Waals surface area contributed by atoms with Gasteiger partial charge >= 0.3 is 0 Å². The zero-order valence-corrected chi connectivity index (χ0v) is 7.71. The van der Waals surface area contributed by atoms with E-state index in [1.165, 1.54) is 25.7 Å². The van der Waals surface area contributed by atoms with Gasteiger partial charge in [-0.15, -0.1) is 0 Å². The molecule has 0 aromatic rings. The van der Waals surface area contributed by atoms with Crippen LogP contribution >= 0.6 is 0 Å². The molecule has 1 heteroatoms. The first-order valence-corrected chi connectivity index (χ1v) is 4.88. The summed E-state index contributed by atoms with van der Waals surface area (Å²) in [7, 11) is 0. The van der Waals surface area contributed by atoms with Gasteiger partial charge in [0.25, 0.3) is 0 Å². The Labute approximate surface area is 69.8 Å². The minimum Gasteiger partial charge on any atom is -0.396 e. The molecule has 0 aromatic carbocycles. The Hall–Kier alpha value is -0.0400. The van der Waals surface area contributed by atoms with E-state index in [0.29, 0.717) is 12.5 Å². The van der Waals surface area contributed by atoms with Gasteiger partial charge in [0.15, 0.2) is 0 Å². The van der Waals surface area contributed by atoms with Crippen LogP contribution in [0.3, 0.4) is 0 Å². The summed E-state index contributed by atoms with van der Waals surface area (Å²) in [4.78, 5) is 0. The summed E-state index contributed by atoms with van der Waals surface area (Å²) in [5, 5.41) is 8.88. The normalized spacial score (nSPS) is 23.2. The van der Waals surface area contributed by atoms with Gasteiger partial charge in [0.05, 0.1) is 0 Å². The molecule has 0 amide bonds. The lowest BCUT2D eigenvalue weighted by molar-refractivity contribution is 0.204. The van der Waals surface area contributed by atoms with Crippen LogP contribution in [-0.4, -0.2) is 11.7 Å². The van der Waals surface area contributed by atoms with Crippen LogP contribution in [0.2, 0.25) is 0 Å². The first-order valence-electron chi connectivity index (χ1n) is 4.88. The molecule has 66 valence electrons. The average molecular weight is 156 g/mol. The highest BCUT2D eigenvalue weighted by atomic mass is 16.3. The van der Waals surface area contributed by atoms with Gasteiger partial charge in [-0.25, -0.2) is 0 Å². The fourth-order valence-corrected chi connectivity index (χ4v) is 1.85. The Bertz CT molecular complexity index is 107. The molecule has 0 heterocycles. The number of hydrogen-bond donors (Lipinski definition) is 1. The third-order valence-corrected chi connectivity index (χ3v) is 2.83. The van der Waals surface area contributed by atoms with Crippen molar-refractivity contribution in [1.82, 2.24) is 0 Å². The van der Waals surface area contributed by atoms with Crippen molar-refractivity contribution < 1.29 is 5.11 Å². The Morgan fingerprint density at radius 2 is 2.09 bits per heavy atom. The lowest BCUT2D eigenvalue weighted by Crippen LogP contribution is -2.10. The van der Waals surface area contributed by atoms with Crippen LogP contribution in [0.5, 0.6) is 0 Å². The molecule has 1 rings (SSSR count). The molecule has 1 saturated carbocycles. The maximum Gasteiger partial charge on any atom is 0.0456 e. The maximum absolute atomic E-state index is 8.88. The molecule has 2 unspecified atom stereocenters. The fraction of sp³-hybridized carbons (Fsp3) is 1.00. The van der Waals surface area contributed by atoms with E-state index in [2.05, 4.69) is 13.8 Å². The smallest absolute Gasteiger partial charge is 0.0456 e. The molecule has 1 aliphatic carbocycles. The van der Waals surface area contributed by atoms with E-state index in [9.17, 15) is 0 Å². The second-order valence-corrected chi connectivity index (χ2v) is 4.03. The predicted octanol–water partition coefficient (Wildman–Crippen LogP) is 2.44. The summed E-state index contributed by atoms with van der Waals surface area (Å²) in [6, 6.07) is 0. The van der Waals surface area contributed by atoms with Crippen molar-refractivity contribution in [3.05, 3.63) is 0 Å². The summed E-state index contributed by atoms with van der Waals surface area (Å²) in [5.41, 5.74) is 0. The van der Waals surface area contributed by atoms with Gasteiger partial charge in [0.1, 0.15) is 0 Å². The van der Waals surface area contributed by atoms with Gasteiger partial charge in [-0.2, -0.15) is 0 Å². The number of aliphatic hydroxyl groups excluding tert-OH is 1. The molecule has 1 N–H and O–H groups in total. The van der Waals surface area contributed by atoms with Crippen LogP contribution in [0.4, 0.5) is 0 Å². The van der Waals surface area contributed by atoms with E-state index in [1.54, 1.807) is 0 Å². The van der Waals surface area contributed by atoms with Crippen LogP contribution in [0.15, 0.2) is 0 Å². The third-order valence-electron chi connectivity index (χ3n) is 2.83. The van der Waals surface area contributed by atoms with Crippen LogP contribution < -0.4 is 0 Å². The first-order chi connectivity index (χ1) is 5.27. The predicted molar refractivity (Wildman–Crippen MR) is 47.4 cm³/mol. The molecule has 0 aliphatic heterocycles. The number of rotatable bonds is 5. The monoisotopic (exact) mass is 156 g/mol. The molecule has 0 saturated heterocycles. The molecule has 2 atom stereocenters. The first kappa shape index (κ1) is 9.05. The molecule has 0 radical (unpaired) electrons. The van der Waals surface area contributed by atoms with Crippen LogP contribution in [0, 0.1) is 17.8 Å². The Balaban J connectivity index is 2.19. The van der Waals surface area contributed by atoms with Crippen molar-refractivity contribution in [2.45, 2.75) is 39.5 Å². The van der Waals surface area contributed by atoms with Crippen molar-refractivity contribution in [3.63, 3.8) is 0 Å². The van der Waals surface area contributed by atoms with Gasteiger partial charge in [-0.05, 0) is 37.0 Å². The summed E-state index contributed by atoms with van der Waals surface area (Å²) in [5.74, 6) is 2.42. The molecule has 0 spiro atoms. The molecular formula is C10H20O. The summed E-state index contributed by atoms with van der Waals surface area (Å²) in [6.45, 7) is 4.78. The van der Waals surface area contributed by atoms with Crippen molar-refractivity contribution in [2.75, 3.05) is 6.61 Å². The minimum absolute atomic E-state index is 0.364. The zero-order valence-electron chi connectivity index (χ0n) is 7.71. The van der Waals surface area contributed by atoms with Crippen molar-refractivity contribution >= 4 is 0 Å². The largest absolute Gasteiger partial charge is 0.396 e. The molecule has 1 fully saturated rings. The van der Waals surface area contributed by atoms with Crippen molar-refractivity contribution in [3.8, 4) is 0 Å². The molecule has 0 bridgehead atoms. The minimum atomic E-state index is 0.364. The second kappa shape index (κ2) is 4.10. The third kappa shape index (κ3) is 2.82. The zero-order chi connectivity index (χ0) is 8.27. The fourth-order valence-electron chi connectivity index (χ4n) is 1.85. The highest BCUT2D eigenvalue weighted by molar-refractivity contribution is 4.81.